The second-order valence-corrected chi connectivity index (χ2v) is 7.13. The number of nitro benzene ring substituents is 1. The standard InChI is InChI=1S/C22H29N5O2/c1-2-23-22(24-16-19-12-6-7-13-20(19)27(28)29)25-17-21(26-14-8-9-15-26)18-10-4-3-5-11-18/h3-7,10-13,21H,2,8-9,14-17H2,1H3,(H2,23,24,25). The summed E-state index contributed by atoms with van der Waals surface area (Å²) >= 11 is 0. The molecule has 0 bridgehead atoms. The van der Waals surface area contributed by atoms with Crippen LogP contribution in [0.5, 0.6) is 0 Å². The Kier molecular flexibility index (Phi) is 7.58. The first-order valence-corrected chi connectivity index (χ1v) is 10.2. The molecule has 7 heteroatoms. The molecule has 1 saturated heterocycles. The van der Waals surface area contributed by atoms with Crippen LogP contribution in [0, 0.1) is 10.1 Å². The number of nitrogens with zero attached hydrogens (tertiary/aromatic N) is 3. The predicted octanol–water partition coefficient (Wildman–Crippen LogP) is 3.49. The van der Waals surface area contributed by atoms with Crippen LogP contribution >= 0.6 is 0 Å². The Labute approximate surface area is 172 Å². The molecule has 154 valence electrons. The summed E-state index contributed by atoms with van der Waals surface area (Å²) in [5.41, 5.74) is 2.00. The van der Waals surface area contributed by atoms with Gasteiger partial charge in [-0.25, -0.2) is 4.99 Å². The Balaban J connectivity index is 1.72. The number of rotatable bonds is 8. The fourth-order valence-corrected chi connectivity index (χ4v) is 3.71. The minimum absolute atomic E-state index is 0.103. The summed E-state index contributed by atoms with van der Waals surface area (Å²) in [4.78, 5) is 18.0. The molecular weight excluding hydrogens is 366 g/mol. The molecular formula is C22H29N5O2. The number of guanidine groups is 1. The first kappa shape index (κ1) is 20.8. The molecule has 2 aromatic carbocycles. The lowest BCUT2D eigenvalue weighted by Gasteiger charge is -2.29. The second kappa shape index (κ2) is 10.6. The summed E-state index contributed by atoms with van der Waals surface area (Å²) in [6.07, 6.45) is 2.46. The van der Waals surface area contributed by atoms with E-state index in [0.29, 0.717) is 11.5 Å². The van der Waals surface area contributed by atoms with E-state index in [0.717, 1.165) is 26.2 Å². The maximum Gasteiger partial charge on any atom is 0.274 e. The Hall–Kier alpha value is -2.93. The largest absolute Gasteiger partial charge is 0.357 e. The molecule has 1 fully saturated rings. The van der Waals surface area contributed by atoms with Crippen LogP contribution in [0.3, 0.4) is 0 Å². The smallest absolute Gasteiger partial charge is 0.274 e. The van der Waals surface area contributed by atoms with Crippen molar-refractivity contribution < 1.29 is 4.92 Å². The van der Waals surface area contributed by atoms with Gasteiger partial charge in [0.1, 0.15) is 0 Å². The first-order chi connectivity index (χ1) is 14.2. The monoisotopic (exact) mass is 395 g/mol. The van der Waals surface area contributed by atoms with E-state index in [1.165, 1.54) is 24.5 Å². The molecule has 2 aromatic rings. The number of nitro groups is 1. The number of hydrogen-bond donors (Lipinski definition) is 2. The highest BCUT2D eigenvalue weighted by Gasteiger charge is 2.23. The molecule has 0 amide bonds. The van der Waals surface area contributed by atoms with Crippen molar-refractivity contribution in [3.63, 3.8) is 0 Å². The lowest BCUT2D eigenvalue weighted by molar-refractivity contribution is -0.385. The number of benzene rings is 2. The van der Waals surface area contributed by atoms with E-state index in [-0.39, 0.29) is 23.2 Å². The summed E-state index contributed by atoms with van der Waals surface area (Å²) in [7, 11) is 0. The molecule has 7 nitrogen and oxygen atoms in total. The van der Waals surface area contributed by atoms with Crippen molar-refractivity contribution in [2.75, 3.05) is 26.2 Å². The summed E-state index contributed by atoms with van der Waals surface area (Å²) in [6.45, 7) is 5.93. The lowest BCUT2D eigenvalue weighted by atomic mass is 10.1. The summed E-state index contributed by atoms with van der Waals surface area (Å²) < 4.78 is 0. The van der Waals surface area contributed by atoms with E-state index < -0.39 is 0 Å². The van der Waals surface area contributed by atoms with Crippen LogP contribution in [0.2, 0.25) is 0 Å². The molecule has 1 heterocycles. The third-order valence-corrected chi connectivity index (χ3v) is 5.17. The van der Waals surface area contributed by atoms with Crippen molar-refractivity contribution in [1.82, 2.24) is 15.5 Å². The molecule has 1 aliphatic heterocycles. The van der Waals surface area contributed by atoms with Gasteiger partial charge in [-0.1, -0.05) is 48.5 Å². The van der Waals surface area contributed by atoms with Crippen molar-refractivity contribution in [2.24, 2.45) is 4.99 Å². The second-order valence-electron chi connectivity index (χ2n) is 7.13. The quantitative estimate of drug-likeness (QED) is 0.309. The van der Waals surface area contributed by atoms with Gasteiger partial charge in [-0.2, -0.15) is 0 Å². The van der Waals surface area contributed by atoms with Crippen molar-refractivity contribution in [3.8, 4) is 0 Å². The van der Waals surface area contributed by atoms with Gasteiger partial charge in [-0.15, -0.1) is 0 Å². The van der Waals surface area contributed by atoms with Gasteiger partial charge in [0.25, 0.3) is 5.69 Å². The number of likely N-dealkylation sites (tertiary alicyclic amines) is 1. The maximum atomic E-state index is 11.2. The highest BCUT2D eigenvalue weighted by atomic mass is 16.6. The zero-order valence-electron chi connectivity index (χ0n) is 16.9. The average molecular weight is 396 g/mol. The Morgan fingerprint density at radius 1 is 1.10 bits per heavy atom. The molecule has 1 aliphatic rings. The van der Waals surface area contributed by atoms with Crippen LogP contribution in [0.4, 0.5) is 5.69 Å². The zero-order valence-corrected chi connectivity index (χ0v) is 16.9. The third kappa shape index (κ3) is 5.77. The van der Waals surface area contributed by atoms with Crippen LogP contribution in [-0.4, -0.2) is 42.0 Å². The zero-order chi connectivity index (χ0) is 20.5. The van der Waals surface area contributed by atoms with Crippen molar-refractivity contribution in [2.45, 2.75) is 32.4 Å². The maximum absolute atomic E-state index is 11.2. The summed E-state index contributed by atoms with van der Waals surface area (Å²) in [5, 5.41) is 17.9. The molecule has 1 atom stereocenters. The van der Waals surface area contributed by atoms with Gasteiger partial charge >= 0.3 is 0 Å². The molecule has 0 aromatic heterocycles. The number of hydrogen-bond acceptors (Lipinski definition) is 4. The van der Waals surface area contributed by atoms with Gasteiger partial charge < -0.3 is 10.6 Å². The van der Waals surface area contributed by atoms with Crippen LogP contribution in [0.25, 0.3) is 0 Å². The minimum atomic E-state index is -0.357. The highest BCUT2D eigenvalue weighted by molar-refractivity contribution is 5.79. The van der Waals surface area contributed by atoms with E-state index in [1.807, 2.05) is 13.0 Å². The fourth-order valence-electron chi connectivity index (χ4n) is 3.71. The highest BCUT2D eigenvalue weighted by Crippen LogP contribution is 2.24. The minimum Gasteiger partial charge on any atom is -0.357 e. The number of para-hydroxylation sites is 1. The Morgan fingerprint density at radius 2 is 1.79 bits per heavy atom. The van der Waals surface area contributed by atoms with Gasteiger partial charge in [-0.05, 0) is 38.4 Å². The average Bonchev–Trinajstić information content (AvgIpc) is 3.27. The van der Waals surface area contributed by atoms with Gasteiger partial charge in [0.2, 0.25) is 0 Å². The normalized spacial score (nSPS) is 15.8. The molecule has 1 unspecified atom stereocenters. The SMILES string of the molecule is CCNC(=NCc1ccccc1[N+](=O)[O-])NCC(c1ccccc1)N1CCCC1. The molecule has 0 spiro atoms. The van der Waals surface area contributed by atoms with E-state index in [9.17, 15) is 10.1 Å². The molecule has 3 rings (SSSR count). The molecule has 29 heavy (non-hydrogen) atoms. The summed E-state index contributed by atoms with van der Waals surface area (Å²) in [6, 6.07) is 17.5. The van der Waals surface area contributed by atoms with Crippen LogP contribution in [0.1, 0.15) is 36.9 Å². The fraction of sp³-hybridized carbons (Fsp3) is 0.409. The van der Waals surface area contributed by atoms with E-state index in [2.05, 4.69) is 44.8 Å². The molecule has 0 aliphatic carbocycles. The predicted molar refractivity (Wildman–Crippen MR) is 116 cm³/mol. The van der Waals surface area contributed by atoms with Gasteiger partial charge in [0, 0.05) is 19.2 Å². The van der Waals surface area contributed by atoms with Crippen LogP contribution < -0.4 is 10.6 Å². The first-order valence-electron chi connectivity index (χ1n) is 10.2. The van der Waals surface area contributed by atoms with Crippen LogP contribution in [-0.2, 0) is 6.54 Å². The third-order valence-electron chi connectivity index (χ3n) is 5.17. The number of aliphatic imine (C=N–C) groups is 1. The van der Waals surface area contributed by atoms with Crippen molar-refractivity contribution in [3.05, 3.63) is 75.8 Å². The molecule has 0 saturated carbocycles. The summed E-state index contributed by atoms with van der Waals surface area (Å²) in [5.74, 6) is 0.672. The Bertz CT molecular complexity index is 819. The topological polar surface area (TPSA) is 82.8 Å². The van der Waals surface area contributed by atoms with Crippen molar-refractivity contribution >= 4 is 11.6 Å². The van der Waals surface area contributed by atoms with E-state index in [4.69, 9.17) is 0 Å². The number of nitrogens with one attached hydrogen (secondary N) is 2. The van der Waals surface area contributed by atoms with Gasteiger partial charge in [0.05, 0.1) is 23.1 Å². The lowest BCUT2D eigenvalue weighted by Crippen LogP contribution is -2.42. The van der Waals surface area contributed by atoms with Gasteiger partial charge in [-0.3, -0.25) is 15.0 Å². The van der Waals surface area contributed by atoms with Crippen molar-refractivity contribution in [1.29, 1.82) is 0 Å². The van der Waals surface area contributed by atoms with E-state index >= 15 is 0 Å². The van der Waals surface area contributed by atoms with Gasteiger partial charge in [0.15, 0.2) is 5.96 Å². The Morgan fingerprint density at radius 3 is 2.48 bits per heavy atom. The molecule has 2 N–H and O–H groups in total. The molecule has 0 radical (unpaired) electrons. The van der Waals surface area contributed by atoms with Crippen LogP contribution in [0.15, 0.2) is 59.6 Å². The van der Waals surface area contributed by atoms with E-state index in [1.54, 1.807) is 18.2 Å².